The van der Waals surface area contributed by atoms with Gasteiger partial charge in [0.2, 0.25) is 0 Å². The Morgan fingerprint density at radius 1 is 1.13 bits per heavy atom. The molecule has 0 radical (unpaired) electrons. The number of aryl methyl sites for hydroxylation is 1. The van der Waals surface area contributed by atoms with Gasteiger partial charge in [-0.3, -0.25) is 19.2 Å². The van der Waals surface area contributed by atoms with Crippen molar-refractivity contribution in [1.29, 1.82) is 0 Å². The van der Waals surface area contributed by atoms with Gasteiger partial charge >= 0.3 is 0 Å². The highest BCUT2D eigenvalue weighted by Crippen LogP contribution is 2.16. The predicted molar refractivity (Wildman–Crippen MR) is 113 cm³/mol. The Hall–Kier alpha value is -3.10. The number of piperazine rings is 1. The summed E-state index contributed by atoms with van der Waals surface area (Å²) in [5.41, 5.74) is 1.50. The summed E-state index contributed by atoms with van der Waals surface area (Å²) < 4.78 is 6.56. The average molecular weight is 428 g/mol. The quantitative estimate of drug-likeness (QED) is 0.676. The van der Waals surface area contributed by atoms with E-state index in [0.29, 0.717) is 24.6 Å². The third kappa shape index (κ3) is 4.55. The maximum absolute atomic E-state index is 12.9. The molecule has 30 heavy (non-hydrogen) atoms. The first-order valence-corrected chi connectivity index (χ1v) is 10.0. The van der Waals surface area contributed by atoms with E-state index in [4.69, 9.17) is 16.0 Å². The SMILES string of the molecule is Cn1nc(C(=O)N2CCN(Cc3ccc(Cl)cc3)CC2)cc1NC(=O)c1ccco1. The third-order valence-electron chi connectivity index (χ3n) is 5.06. The molecule has 0 saturated carbocycles. The molecule has 1 aliphatic heterocycles. The van der Waals surface area contributed by atoms with Crippen molar-refractivity contribution in [3.05, 3.63) is 70.8 Å². The van der Waals surface area contributed by atoms with E-state index >= 15 is 0 Å². The Labute approximate surface area is 179 Å². The minimum absolute atomic E-state index is 0.143. The minimum Gasteiger partial charge on any atom is -0.459 e. The molecule has 2 aromatic heterocycles. The third-order valence-corrected chi connectivity index (χ3v) is 5.32. The van der Waals surface area contributed by atoms with Crippen molar-refractivity contribution in [2.75, 3.05) is 31.5 Å². The number of carbonyl (C=O) groups excluding carboxylic acids is 2. The molecular formula is C21H22ClN5O3. The van der Waals surface area contributed by atoms with Gasteiger partial charge in [0, 0.05) is 50.9 Å². The zero-order valence-electron chi connectivity index (χ0n) is 16.5. The fourth-order valence-corrected chi connectivity index (χ4v) is 3.52. The summed E-state index contributed by atoms with van der Waals surface area (Å²) in [6.45, 7) is 3.63. The van der Waals surface area contributed by atoms with Crippen molar-refractivity contribution in [2.24, 2.45) is 7.05 Å². The molecule has 0 atom stereocenters. The Balaban J connectivity index is 1.34. The van der Waals surface area contributed by atoms with Crippen LogP contribution in [0.2, 0.25) is 5.02 Å². The van der Waals surface area contributed by atoms with E-state index in [1.165, 1.54) is 16.5 Å². The number of halogens is 1. The highest BCUT2D eigenvalue weighted by Gasteiger charge is 2.25. The van der Waals surface area contributed by atoms with Crippen molar-refractivity contribution in [3.8, 4) is 0 Å². The van der Waals surface area contributed by atoms with Gasteiger partial charge in [-0.1, -0.05) is 23.7 Å². The number of hydrogen-bond acceptors (Lipinski definition) is 5. The van der Waals surface area contributed by atoms with E-state index in [2.05, 4.69) is 15.3 Å². The monoisotopic (exact) mass is 427 g/mol. The number of rotatable bonds is 5. The maximum atomic E-state index is 12.9. The molecule has 2 amide bonds. The highest BCUT2D eigenvalue weighted by atomic mass is 35.5. The molecule has 1 fully saturated rings. The fraction of sp³-hybridized carbons (Fsp3) is 0.286. The van der Waals surface area contributed by atoms with E-state index in [1.807, 2.05) is 24.3 Å². The normalized spacial score (nSPS) is 14.7. The van der Waals surface area contributed by atoms with Gasteiger partial charge in [-0.15, -0.1) is 0 Å². The Bertz CT molecular complexity index is 1020. The van der Waals surface area contributed by atoms with Crippen molar-refractivity contribution < 1.29 is 14.0 Å². The molecule has 4 rings (SSSR count). The van der Waals surface area contributed by atoms with E-state index in [-0.39, 0.29) is 11.7 Å². The van der Waals surface area contributed by atoms with Crippen LogP contribution in [0.5, 0.6) is 0 Å². The Morgan fingerprint density at radius 2 is 1.87 bits per heavy atom. The first kappa shape index (κ1) is 20.2. The number of furan rings is 1. The lowest BCUT2D eigenvalue weighted by molar-refractivity contribution is 0.0622. The van der Waals surface area contributed by atoms with Gasteiger partial charge in [-0.2, -0.15) is 5.10 Å². The Kier molecular flexibility index (Phi) is 5.87. The molecule has 3 heterocycles. The first-order valence-electron chi connectivity index (χ1n) is 9.64. The number of amides is 2. The zero-order chi connectivity index (χ0) is 21.1. The second-order valence-corrected chi connectivity index (χ2v) is 7.60. The van der Waals surface area contributed by atoms with E-state index < -0.39 is 5.91 Å². The lowest BCUT2D eigenvalue weighted by Gasteiger charge is -2.34. The molecule has 1 aliphatic rings. The van der Waals surface area contributed by atoms with E-state index in [1.54, 1.807) is 30.1 Å². The summed E-state index contributed by atoms with van der Waals surface area (Å²) in [6.07, 6.45) is 1.43. The summed E-state index contributed by atoms with van der Waals surface area (Å²) in [5.74, 6) is 0.0927. The van der Waals surface area contributed by atoms with Crippen LogP contribution in [0.15, 0.2) is 53.1 Å². The number of aromatic nitrogens is 2. The molecule has 1 saturated heterocycles. The summed E-state index contributed by atoms with van der Waals surface area (Å²) in [6, 6.07) is 12.6. The van der Waals surface area contributed by atoms with E-state index in [0.717, 1.165) is 24.7 Å². The minimum atomic E-state index is -0.391. The molecule has 9 heteroatoms. The summed E-state index contributed by atoms with van der Waals surface area (Å²) in [7, 11) is 1.68. The van der Waals surface area contributed by atoms with Crippen LogP contribution < -0.4 is 5.32 Å². The lowest BCUT2D eigenvalue weighted by Crippen LogP contribution is -2.48. The lowest BCUT2D eigenvalue weighted by atomic mass is 10.2. The van der Waals surface area contributed by atoms with Gasteiger partial charge < -0.3 is 14.6 Å². The summed E-state index contributed by atoms with van der Waals surface area (Å²) in [5, 5.41) is 7.70. The van der Waals surface area contributed by atoms with Gasteiger partial charge in [0.1, 0.15) is 5.82 Å². The van der Waals surface area contributed by atoms with Crippen LogP contribution >= 0.6 is 11.6 Å². The fourth-order valence-electron chi connectivity index (χ4n) is 3.39. The molecule has 0 spiro atoms. The van der Waals surface area contributed by atoms with Crippen molar-refractivity contribution in [1.82, 2.24) is 19.6 Å². The van der Waals surface area contributed by atoms with Gasteiger partial charge in [-0.05, 0) is 29.8 Å². The van der Waals surface area contributed by atoms with E-state index in [9.17, 15) is 9.59 Å². The van der Waals surface area contributed by atoms with Gasteiger partial charge in [-0.25, -0.2) is 0 Å². The molecule has 0 bridgehead atoms. The smallest absolute Gasteiger partial charge is 0.292 e. The average Bonchev–Trinajstić information content (AvgIpc) is 3.40. The number of nitrogens with zero attached hydrogens (tertiary/aromatic N) is 4. The first-order chi connectivity index (χ1) is 14.5. The molecule has 1 N–H and O–H groups in total. The Morgan fingerprint density at radius 3 is 2.53 bits per heavy atom. The van der Waals surface area contributed by atoms with Crippen LogP contribution in [0, 0.1) is 0 Å². The van der Waals surface area contributed by atoms with Crippen LogP contribution in [0.3, 0.4) is 0 Å². The van der Waals surface area contributed by atoms with Crippen LogP contribution in [0.25, 0.3) is 0 Å². The molecule has 1 aromatic carbocycles. The number of carbonyl (C=O) groups is 2. The standard InChI is InChI=1S/C21H22ClN5O3/c1-25-19(23-20(28)18-3-2-12-30-18)13-17(24-25)21(29)27-10-8-26(9-11-27)14-15-4-6-16(22)7-5-15/h2-7,12-13H,8-11,14H2,1H3,(H,23,28). The van der Waals surface area contributed by atoms with Crippen molar-refractivity contribution in [3.63, 3.8) is 0 Å². The zero-order valence-corrected chi connectivity index (χ0v) is 17.3. The maximum Gasteiger partial charge on any atom is 0.292 e. The number of nitrogens with one attached hydrogen (secondary N) is 1. The number of benzene rings is 1. The second kappa shape index (κ2) is 8.73. The number of anilines is 1. The van der Waals surface area contributed by atoms with Crippen molar-refractivity contribution >= 4 is 29.2 Å². The van der Waals surface area contributed by atoms with Crippen LogP contribution in [-0.4, -0.2) is 57.6 Å². The molecule has 8 nitrogen and oxygen atoms in total. The topological polar surface area (TPSA) is 83.6 Å². The van der Waals surface area contributed by atoms with Crippen LogP contribution in [0.4, 0.5) is 5.82 Å². The predicted octanol–water partition coefficient (Wildman–Crippen LogP) is 2.88. The van der Waals surface area contributed by atoms with Crippen LogP contribution in [0.1, 0.15) is 26.6 Å². The highest BCUT2D eigenvalue weighted by molar-refractivity contribution is 6.30. The second-order valence-electron chi connectivity index (χ2n) is 7.16. The van der Waals surface area contributed by atoms with Gasteiger partial charge in [0.25, 0.3) is 11.8 Å². The molecule has 0 aliphatic carbocycles. The number of hydrogen-bond donors (Lipinski definition) is 1. The van der Waals surface area contributed by atoms with Gasteiger partial charge in [0.05, 0.1) is 6.26 Å². The largest absolute Gasteiger partial charge is 0.459 e. The summed E-state index contributed by atoms with van der Waals surface area (Å²) in [4.78, 5) is 29.1. The van der Waals surface area contributed by atoms with Crippen molar-refractivity contribution in [2.45, 2.75) is 6.54 Å². The van der Waals surface area contributed by atoms with Gasteiger partial charge in [0.15, 0.2) is 11.5 Å². The van der Waals surface area contributed by atoms with Crippen LogP contribution in [-0.2, 0) is 13.6 Å². The summed E-state index contributed by atoms with van der Waals surface area (Å²) >= 11 is 5.94. The molecule has 156 valence electrons. The molecule has 0 unspecified atom stereocenters. The molecule has 3 aromatic rings. The molecular weight excluding hydrogens is 406 g/mol.